The molecule has 1 aromatic carbocycles. The average Bonchev–Trinajstić information content (AvgIpc) is 2.45. The van der Waals surface area contributed by atoms with E-state index in [1.54, 1.807) is 6.20 Å². The monoisotopic (exact) mass is 354 g/mol. The topological polar surface area (TPSA) is 34.2 Å². The fourth-order valence-corrected chi connectivity index (χ4v) is 2.32. The van der Waals surface area contributed by atoms with E-state index in [1.165, 1.54) is 0 Å². The van der Waals surface area contributed by atoms with Gasteiger partial charge in [0.05, 0.1) is 0 Å². The SMILES string of the molecule is CCNCc1cc(Br)cnc1OCc1ccccc1Cl. The van der Waals surface area contributed by atoms with Crippen molar-refractivity contribution in [2.24, 2.45) is 0 Å². The number of pyridine rings is 1. The van der Waals surface area contributed by atoms with Gasteiger partial charge in [-0.1, -0.05) is 36.7 Å². The zero-order valence-corrected chi connectivity index (χ0v) is 13.5. The predicted octanol–water partition coefficient (Wildman–Crippen LogP) is 4.19. The molecule has 1 heterocycles. The molecule has 0 amide bonds. The summed E-state index contributed by atoms with van der Waals surface area (Å²) in [5, 5.41) is 3.98. The third-order valence-electron chi connectivity index (χ3n) is 2.78. The maximum absolute atomic E-state index is 6.12. The molecular weight excluding hydrogens is 340 g/mol. The number of nitrogens with zero attached hydrogens (tertiary/aromatic N) is 1. The lowest BCUT2D eigenvalue weighted by Crippen LogP contribution is -2.13. The van der Waals surface area contributed by atoms with E-state index in [0.29, 0.717) is 17.5 Å². The number of halogens is 2. The van der Waals surface area contributed by atoms with Gasteiger partial charge in [0, 0.05) is 33.4 Å². The number of benzene rings is 1. The van der Waals surface area contributed by atoms with Crippen LogP contribution in [0.4, 0.5) is 0 Å². The average molecular weight is 356 g/mol. The number of hydrogen-bond donors (Lipinski definition) is 1. The Balaban J connectivity index is 2.10. The molecule has 1 N–H and O–H groups in total. The maximum Gasteiger partial charge on any atom is 0.218 e. The molecular formula is C15H16BrClN2O. The minimum absolute atomic E-state index is 0.410. The van der Waals surface area contributed by atoms with E-state index in [1.807, 2.05) is 30.3 Å². The Bertz CT molecular complexity index is 578. The fourth-order valence-electron chi connectivity index (χ4n) is 1.75. The zero-order valence-electron chi connectivity index (χ0n) is 11.2. The molecule has 0 radical (unpaired) electrons. The summed E-state index contributed by atoms with van der Waals surface area (Å²) in [6.45, 7) is 4.10. The Morgan fingerprint density at radius 1 is 1.30 bits per heavy atom. The van der Waals surface area contributed by atoms with Crippen LogP contribution in [-0.2, 0) is 13.2 Å². The Morgan fingerprint density at radius 2 is 2.10 bits per heavy atom. The molecule has 0 atom stereocenters. The van der Waals surface area contributed by atoms with Gasteiger partial charge in [0.1, 0.15) is 6.61 Å². The highest BCUT2D eigenvalue weighted by Gasteiger charge is 2.07. The molecule has 0 aliphatic rings. The van der Waals surface area contributed by atoms with E-state index < -0.39 is 0 Å². The summed E-state index contributed by atoms with van der Waals surface area (Å²) in [5.41, 5.74) is 1.97. The summed E-state index contributed by atoms with van der Waals surface area (Å²) in [4.78, 5) is 4.32. The lowest BCUT2D eigenvalue weighted by Gasteiger charge is -2.12. The van der Waals surface area contributed by atoms with E-state index in [4.69, 9.17) is 16.3 Å². The number of nitrogens with one attached hydrogen (secondary N) is 1. The Hall–Kier alpha value is -1.10. The summed E-state index contributed by atoms with van der Waals surface area (Å²) >= 11 is 9.55. The van der Waals surface area contributed by atoms with Crippen LogP contribution >= 0.6 is 27.5 Å². The van der Waals surface area contributed by atoms with Crippen LogP contribution in [0.15, 0.2) is 41.0 Å². The van der Waals surface area contributed by atoms with Gasteiger partial charge in [-0.2, -0.15) is 0 Å². The van der Waals surface area contributed by atoms with Crippen LogP contribution in [0.1, 0.15) is 18.1 Å². The number of hydrogen-bond acceptors (Lipinski definition) is 3. The van der Waals surface area contributed by atoms with Crippen molar-refractivity contribution >= 4 is 27.5 Å². The van der Waals surface area contributed by atoms with Crippen molar-refractivity contribution in [1.82, 2.24) is 10.3 Å². The molecule has 5 heteroatoms. The van der Waals surface area contributed by atoms with Gasteiger partial charge >= 0.3 is 0 Å². The first-order chi connectivity index (χ1) is 9.70. The van der Waals surface area contributed by atoms with E-state index in [-0.39, 0.29) is 0 Å². The standard InChI is InChI=1S/C15H16BrClN2O/c1-2-18-8-12-7-13(16)9-19-15(12)20-10-11-5-3-4-6-14(11)17/h3-7,9,18H,2,8,10H2,1H3. The zero-order chi connectivity index (χ0) is 14.4. The first kappa shape index (κ1) is 15.3. The molecule has 0 fully saturated rings. The second-order valence-corrected chi connectivity index (χ2v) is 5.60. The third kappa shape index (κ3) is 4.20. The van der Waals surface area contributed by atoms with E-state index >= 15 is 0 Å². The predicted molar refractivity (Wildman–Crippen MR) is 85.1 cm³/mol. The normalized spacial score (nSPS) is 10.6. The minimum atomic E-state index is 0.410. The number of rotatable bonds is 6. The Labute approximate surface area is 132 Å². The molecule has 0 aliphatic carbocycles. The van der Waals surface area contributed by atoms with Gasteiger partial charge in [-0.25, -0.2) is 4.98 Å². The fraction of sp³-hybridized carbons (Fsp3) is 0.267. The highest BCUT2D eigenvalue weighted by Crippen LogP contribution is 2.22. The van der Waals surface area contributed by atoms with Crippen LogP contribution in [0, 0.1) is 0 Å². The van der Waals surface area contributed by atoms with Gasteiger partial charge in [-0.15, -0.1) is 0 Å². The van der Waals surface area contributed by atoms with Gasteiger partial charge in [0.15, 0.2) is 0 Å². The van der Waals surface area contributed by atoms with Gasteiger partial charge in [0.25, 0.3) is 0 Å². The second-order valence-electron chi connectivity index (χ2n) is 4.28. The van der Waals surface area contributed by atoms with E-state index in [9.17, 15) is 0 Å². The summed E-state index contributed by atoms with van der Waals surface area (Å²) < 4.78 is 6.74. The molecule has 2 aromatic rings. The van der Waals surface area contributed by atoms with Crippen molar-refractivity contribution in [3.63, 3.8) is 0 Å². The molecule has 0 bridgehead atoms. The largest absolute Gasteiger partial charge is 0.473 e. The van der Waals surface area contributed by atoms with Crippen LogP contribution in [0.25, 0.3) is 0 Å². The van der Waals surface area contributed by atoms with Crippen LogP contribution < -0.4 is 10.1 Å². The van der Waals surface area contributed by atoms with Crippen LogP contribution in [0.2, 0.25) is 5.02 Å². The van der Waals surface area contributed by atoms with Crippen molar-refractivity contribution < 1.29 is 4.74 Å². The van der Waals surface area contributed by atoms with Crippen molar-refractivity contribution in [2.75, 3.05) is 6.54 Å². The maximum atomic E-state index is 6.12. The van der Waals surface area contributed by atoms with Gasteiger partial charge in [-0.3, -0.25) is 0 Å². The molecule has 0 saturated carbocycles. The molecule has 1 aromatic heterocycles. The van der Waals surface area contributed by atoms with Gasteiger partial charge in [0.2, 0.25) is 5.88 Å². The minimum Gasteiger partial charge on any atom is -0.473 e. The molecule has 0 unspecified atom stereocenters. The summed E-state index contributed by atoms with van der Waals surface area (Å²) in [7, 11) is 0. The summed E-state index contributed by atoms with van der Waals surface area (Å²) in [6, 6.07) is 9.66. The van der Waals surface area contributed by atoms with Gasteiger partial charge in [-0.05, 0) is 34.6 Å². The van der Waals surface area contributed by atoms with E-state index in [0.717, 1.165) is 28.7 Å². The van der Waals surface area contributed by atoms with Crippen LogP contribution in [0.3, 0.4) is 0 Å². The summed E-state index contributed by atoms with van der Waals surface area (Å²) in [6.07, 6.45) is 1.73. The van der Waals surface area contributed by atoms with Crippen molar-refractivity contribution in [3.05, 3.63) is 57.2 Å². The summed E-state index contributed by atoms with van der Waals surface area (Å²) in [5.74, 6) is 0.633. The highest BCUT2D eigenvalue weighted by molar-refractivity contribution is 9.10. The van der Waals surface area contributed by atoms with Crippen LogP contribution in [-0.4, -0.2) is 11.5 Å². The molecule has 20 heavy (non-hydrogen) atoms. The molecule has 106 valence electrons. The smallest absolute Gasteiger partial charge is 0.218 e. The first-order valence-corrected chi connectivity index (χ1v) is 7.59. The lowest BCUT2D eigenvalue weighted by atomic mass is 10.2. The molecule has 0 aliphatic heterocycles. The Kier molecular flexibility index (Phi) is 5.83. The number of ether oxygens (including phenoxy) is 1. The highest BCUT2D eigenvalue weighted by atomic mass is 79.9. The molecule has 2 rings (SSSR count). The molecule has 3 nitrogen and oxygen atoms in total. The quantitative estimate of drug-likeness (QED) is 0.844. The van der Waals surface area contributed by atoms with Crippen molar-refractivity contribution in [3.8, 4) is 5.88 Å². The van der Waals surface area contributed by atoms with Crippen molar-refractivity contribution in [1.29, 1.82) is 0 Å². The number of aromatic nitrogens is 1. The third-order valence-corrected chi connectivity index (χ3v) is 3.58. The lowest BCUT2D eigenvalue weighted by molar-refractivity contribution is 0.289. The molecule has 0 spiro atoms. The van der Waals surface area contributed by atoms with Crippen LogP contribution in [0.5, 0.6) is 5.88 Å². The first-order valence-electron chi connectivity index (χ1n) is 6.42. The van der Waals surface area contributed by atoms with E-state index in [2.05, 4.69) is 33.2 Å². The van der Waals surface area contributed by atoms with Gasteiger partial charge < -0.3 is 10.1 Å². The Morgan fingerprint density at radius 3 is 2.85 bits per heavy atom. The van der Waals surface area contributed by atoms with Crippen molar-refractivity contribution in [2.45, 2.75) is 20.1 Å². The molecule has 0 saturated heterocycles. The second kappa shape index (κ2) is 7.62.